The summed E-state index contributed by atoms with van der Waals surface area (Å²) in [6.45, 7) is 14.7. The third-order valence-corrected chi connectivity index (χ3v) is 6.45. The molecule has 3 heterocycles. The molecular formula is C28H61O15+. The summed E-state index contributed by atoms with van der Waals surface area (Å²) in [5, 5.41) is 59.2. The van der Waals surface area contributed by atoms with Crippen molar-refractivity contribution in [1.29, 1.82) is 0 Å². The van der Waals surface area contributed by atoms with Crippen molar-refractivity contribution in [1.82, 2.24) is 0 Å². The highest BCUT2D eigenvalue weighted by atomic mass is 16.8. The van der Waals surface area contributed by atoms with E-state index in [2.05, 4.69) is 0 Å². The van der Waals surface area contributed by atoms with Gasteiger partial charge in [0.05, 0.1) is 26.4 Å². The quantitative estimate of drug-likeness (QED) is 0.160. The van der Waals surface area contributed by atoms with Gasteiger partial charge in [-0.2, -0.15) is 0 Å². The minimum atomic E-state index is -1.67. The molecule has 0 bridgehead atoms. The second-order valence-electron chi connectivity index (χ2n) is 11.6. The fourth-order valence-electron chi connectivity index (χ4n) is 3.90. The molecule has 0 spiro atoms. The maximum absolute atomic E-state index is 8.96. The van der Waals surface area contributed by atoms with Crippen molar-refractivity contribution in [3.05, 3.63) is 0 Å². The Balaban J connectivity index is -0.000000627. The molecule has 3 saturated heterocycles. The molecule has 0 radical (unpaired) electrons. The van der Waals surface area contributed by atoms with E-state index in [0.29, 0.717) is 13.2 Å². The van der Waals surface area contributed by atoms with Crippen LogP contribution < -0.4 is 0 Å². The number of aliphatic hydroxyl groups is 7. The van der Waals surface area contributed by atoms with Crippen molar-refractivity contribution in [2.24, 2.45) is 0 Å². The molecule has 0 aromatic heterocycles. The Morgan fingerprint density at radius 2 is 0.977 bits per heavy atom. The second kappa shape index (κ2) is 19.2. The van der Waals surface area contributed by atoms with Gasteiger partial charge in [-0.1, -0.05) is 7.43 Å². The average Bonchev–Trinajstić information content (AvgIpc) is 3.61. The topological polar surface area (TPSA) is 215 Å². The van der Waals surface area contributed by atoms with E-state index in [1.54, 1.807) is 14.2 Å². The maximum atomic E-state index is 8.96. The van der Waals surface area contributed by atoms with Gasteiger partial charge in [0.2, 0.25) is 0 Å². The first-order valence-electron chi connectivity index (χ1n) is 13.7. The first kappa shape index (κ1) is 44.5. The van der Waals surface area contributed by atoms with Gasteiger partial charge < -0.3 is 73.6 Å². The lowest BCUT2D eigenvalue weighted by Crippen LogP contribution is -2.46. The molecule has 0 aromatic rings. The van der Waals surface area contributed by atoms with Gasteiger partial charge in [0.15, 0.2) is 23.1 Å². The summed E-state index contributed by atoms with van der Waals surface area (Å²) in [5.41, 5.74) is 0. The summed E-state index contributed by atoms with van der Waals surface area (Å²) in [6.07, 6.45) is -7.19. The zero-order valence-corrected chi connectivity index (χ0v) is 26.8. The molecule has 8 atom stereocenters. The smallest absolute Gasteiger partial charge is 0.400 e. The summed E-state index contributed by atoms with van der Waals surface area (Å²) in [7, 11) is 4.23. The number of methoxy groups -OCH3 is 2. The van der Waals surface area contributed by atoms with E-state index < -0.39 is 60.8 Å². The van der Waals surface area contributed by atoms with Crippen LogP contribution in [-0.2, 0) is 37.9 Å². The third-order valence-electron chi connectivity index (χ3n) is 6.45. The molecule has 8 unspecified atom stereocenters. The maximum Gasteiger partial charge on any atom is 1.00 e. The molecule has 3 aliphatic heterocycles. The molecule has 0 saturated carbocycles. The highest BCUT2D eigenvalue weighted by Gasteiger charge is 2.54. The highest BCUT2D eigenvalue weighted by molar-refractivity contribution is 4.96. The molecule has 3 fully saturated rings. The summed E-state index contributed by atoms with van der Waals surface area (Å²) in [5.74, 6) is -2.25. The van der Waals surface area contributed by atoms with Crippen LogP contribution in [0.25, 0.3) is 0 Å². The predicted octanol–water partition coefficient (Wildman–Crippen LogP) is -0.403. The van der Waals surface area contributed by atoms with Gasteiger partial charge in [0.1, 0.15) is 48.8 Å². The molecule has 15 heteroatoms. The van der Waals surface area contributed by atoms with Crippen LogP contribution in [-0.4, -0.2) is 155 Å². The summed E-state index contributed by atoms with van der Waals surface area (Å²) < 4.78 is 45.0. The molecule has 3 aliphatic rings. The van der Waals surface area contributed by atoms with Crippen molar-refractivity contribution in [2.45, 2.75) is 135 Å². The highest BCUT2D eigenvalue weighted by Crippen LogP contribution is 2.39. The van der Waals surface area contributed by atoms with Gasteiger partial charge in [-0.05, 0) is 55.4 Å². The molecule has 0 aliphatic carbocycles. The van der Waals surface area contributed by atoms with Crippen LogP contribution in [0, 0.1) is 0 Å². The van der Waals surface area contributed by atoms with Crippen LogP contribution in [0.1, 0.15) is 64.2 Å². The lowest BCUT2D eigenvalue weighted by Gasteiger charge is -2.26. The molecule has 262 valence electrons. The van der Waals surface area contributed by atoms with Crippen molar-refractivity contribution >= 4 is 0 Å². The molecule has 43 heavy (non-hydrogen) atoms. The number of rotatable bonds is 9. The minimum absolute atomic E-state index is 0. The fraction of sp³-hybridized carbons (Fsp3) is 1.00. The molecule has 0 aromatic carbocycles. The van der Waals surface area contributed by atoms with Crippen LogP contribution in [0.2, 0.25) is 0 Å². The summed E-state index contributed by atoms with van der Waals surface area (Å²) >= 11 is 0. The van der Waals surface area contributed by atoms with Crippen LogP contribution in [0.3, 0.4) is 0 Å². The van der Waals surface area contributed by atoms with Crippen LogP contribution in [0.4, 0.5) is 0 Å². The summed E-state index contributed by atoms with van der Waals surface area (Å²) in [6, 6.07) is 0. The van der Waals surface area contributed by atoms with Crippen molar-refractivity contribution in [2.75, 3.05) is 47.8 Å². The lowest BCUT2D eigenvalue weighted by atomic mass is 10.0. The Hall–Kier alpha value is -0.600. The molecule has 0 amide bonds. The van der Waals surface area contributed by atoms with Gasteiger partial charge in [-0.25, -0.2) is 0 Å². The van der Waals surface area contributed by atoms with Crippen LogP contribution in [0.5, 0.6) is 0 Å². The van der Waals surface area contributed by atoms with E-state index in [9.17, 15) is 0 Å². The zero-order chi connectivity index (χ0) is 33.1. The van der Waals surface area contributed by atoms with E-state index in [1.807, 2.05) is 55.4 Å². The number of aliphatic hydroxyl groups excluding tert-OH is 7. The third kappa shape index (κ3) is 15.0. The Kier molecular flexibility index (Phi) is 19.8. The zero-order valence-electron chi connectivity index (χ0n) is 27.8. The van der Waals surface area contributed by atoms with Gasteiger partial charge in [0, 0.05) is 21.3 Å². The molecule has 15 nitrogen and oxygen atoms in total. The molecule has 3 rings (SSSR count). The van der Waals surface area contributed by atoms with E-state index in [-0.39, 0.29) is 33.3 Å². The van der Waals surface area contributed by atoms with Crippen molar-refractivity contribution in [3.63, 3.8) is 0 Å². The first-order chi connectivity index (χ1) is 19.2. The monoisotopic (exact) mass is 637 g/mol. The fourth-order valence-corrected chi connectivity index (χ4v) is 3.90. The van der Waals surface area contributed by atoms with E-state index in [0.717, 1.165) is 7.11 Å². The van der Waals surface area contributed by atoms with Gasteiger partial charge in [0.25, 0.3) is 0 Å². The van der Waals surface area contributed by atoms with E-state index >= 15 is 0 Å². The average molecular weight is 638 g/mol. The Morgan fingerprint density at radius 3 is 1.16 bits per heavy atom. The largest absolute Gasteiger partial charge is 1.00 e. The normalized spacial score (nSPS) is 29.7. The van der Waals surface area contributed by atoms with Gasteiger partial charge >= 0.3 is 1.43 Å². The van der Waals surface area contributed by atoms with Gasteiger partial charge in [-0.15, -0.1) is 0 Å². The van der Waals surface area contributed by atoms with Crippen LogP contribution in [0.15, 0.2) is 0 Å². The molecular weight excluding hydrogens is 576 g/mol. The van der Waals surface area contributed by atoms with Crippen molar-refractivity contribution < 1.29 is 75.1 Å². The molecule has 7 N–H and O–H groups in total. The predicted molar refractivity (Wildman–Crippen MR) is 156 cm³/mol. The number of ether oxygens (including phenoxy) is 8. The number of hydrogen-bond donors (Lipinski definition) is 7. The van der Waals surface area contributed by atoms with E-state index in [4.69, 9.17) is 73.6 Å². The SMILES string of the molecule is C.CC1(C)OCC(C2OC(C)(C)OC2C2COC(C)(C)O2)O1.CO.COC(C)(C)OC.OCC(O)C(O)C(O)C(O)CO.[H+]. The Bertz CT molecular complexity index is 684. The first-order valence-corrected chi connectivity index (χ1v) is 13.7. The number of hydrogen-bond acceptors (Lipinski definition) is 15. The van der Waals surface area contributed by atoms with Crippen LogP contribution >= 0.6 is 0 Å². The summed E-state index contributed by atoms with van der Waals surface area (Å²) in [4.78, 5) is 0. The Labute approximate surface area is 258 Å². The second-order valence-corrected chi connectivity index (χ2v) is 11.6. The Morgan fingerprint density at radius 1 is 0.674 bits per heavy atom. The lowest BCUT2D eigenvalue weighted by molar-refractivity contribution is -0.178. The standard InChI is InChI=1S/C15H26O6.C6H14O6.C5H12O2.CH4O.CH4/c1-13(2)16-7-9(18-13)11-12(21-15(5,6)20-11)10-8-17-14(3,4)19-10;7-1-3(9)5(11)6(12)4(10)2-8;1-5(2,6-3)7-4;1-2;/h9-12H,7-8H2,1-6H3;3-12H,1-2H2;1-4H3;2H,1H3;1H4/p+1. The van der Waals surface area contributed by atoms with Gasteiger partial charge in [-0.3, -0.25) is 0 Å². The minimum Gasteiger partial charge on any atom is -0.400 e. The van der Waals surface area contributed by atoms with E-state index in [1.165, 1.54) is 0 Å². The van der Waals surface area contributed by atoms with Crippen molar-refractivity contribution in [3.8, 4) is 0 Å².